The molecule has 0 saturated heterocycles. The van der Waals surface area contributed by atoms with Crippen LogP contribution in [0.4, 0.5) is 10.1 Å². The zero-order valence-corrected chi connectivity index (χ0v) is 11.6. The van der Waals surface area contributed by atoms with E-state index in [9.17, 15) is 9.18 Å². The molecule has 0 aliphatic carbocycles. The third-order valence-corrected chi connectivity index (χ3v) is 2.83. The first-order valence-corrected chi connectivity index (χ1v) is 6.16. The predicted molar refractivity (Wildman–Crippen MR) is 72.8 cm³/mol. The lowest BCUT2D eigenvalue weighted by Crippen LogP contribution is -2.14. The molecule has 98 valence electrons. The van der Waals surface area contributed by atoms with E-state index in [4.69, 9.17) is 4.74 Å². The van der Waals surface area contributed by atoms with Gasteiger partial charge in [-0.1, -0.05) is 15.9 Å². The highest BCUT2D eigenvalue weighted by molar-refractivity contribution is 9.10. The summed E-state index contributed by atoms with van der Waals surface area (Å²) >= 11 is 3.30. The number of pyridine rings is 1. The Bertz CT molecular complexity index is 619. The fourth-order valence-electron chi connectivity index (χ4n) is 1.51. The number of aromatic nitrogens is 1. The van der Waals surface area contributed by atoms with Crippen LogP contribution in [0.1, 0.15) is 10.4 Å². The molecule has 0 aliphatic rings. The minimum Gasteiger partial charge on any atom is -0.497 e. The zero-order valence-electron chi connectivity index (χ0n) is 9.98. The van der Waals surface area contributed by atoms with Crippen LogP contribution in [0.3, 0.4) is 0 Å². The van der Waals surface area contributed by atoms with Crippen molar-refractivity contribution in [3.63, 3.8) is 0 Å². The van der Waals surface area contributed by atoms with Crippen molar-refractivity contribution in [2.75, 3.05) is 12.4 Å². The minimum atomic E-state index is -0.804. The average Bonchev–Trinajstić information content (AvgIpc) is 2.38. The van der Waals surface area contributed by atoms with Gasteiger partial charge in [0.2, 0.25) is 5.95 Å². The zero-order chi connectivity index (χ0) is 13.8. The van der Waals surface area contributed by atoms with E-state index in [2.05, 4.69) is 26.2 Å². The summed E-state index contributed by atoms with van der Waals surface area (Å²) in [5.74, 6) is -0.788. The molecule has 0 saturated carbocycles. The van der Waals surface area contributed by atoms with Crippen LogP contribution in [0, 0.1) is 5.95 Å². The monoisotopic (exact) mass is 324 g/mol. The first-order chi connectivity index (χ1) is 9.10. The van der Waals surface area contributed by atoms with Gasteiger partial charge in [-0.3, -0.25) is 4.79 Å². The lowest BCUT2D eigenvalue weighted by molar-refractivity contribution is 0.102. The number of hydrogen-bond donors (Lipinski definition) is 1. The van der Waals surface area contributed by atoms with E-state index in [1.807, 2.05) is 0 Å². The number of halogens is 2. The molecule has 0 bridgehead atoms. The molecule has 19 heavy (non-hydrogen) atoms. The van der Waals surface area contributed by atoms with Crippen LogP contribution in [-0.2, 0) is 0 Å². The summed E-state index contributed by atoms with van der Waals surface area (Å²) in [4.78, 5) is 15.3. The number of nitrogens with zero attached hydrogens (tertiary/aromatic N) is 1. The van der Waals surface area contributed by atoms with Gasteiger partial charge in [-0.15, -0.1) is 0 Å². The summed E-state index contributed by atoms with van der Waals surface area (Å²) in [5, 5.41) is 2.59. The maximum absolute atomic E-state index is 13.4. The Balaban J connectivity index is 2.24. The van der Waals surface area contributed by atoms with Crippen LogP contribution in [0.15, 0.2) is 41.0 Å². The number of benzene rings is 1. The number of nitrogens with one attached hydrogen (secondary N) is 1. The van der Waals surface area contributed by atoms with Crippen molar-refractivity contribution in [1.29, 1.82) is 0 Å². The van der Waals surface area contributed by atoms with E-state index in [-0.39, 0.29) is 5.56 Å². The van der Waals surface area contributed by atoms with Gasteiger partial charge in [0, 0.05) is 22.4 Å². The highest BCUT2D eigenvalue weighted by atomic mass is 79.9. The summed E-state index contributed by atoms with van der Waals surface area (Å²) in [7, 11) is 1.52. The van der Waals surface area contributed by atoms with E-state index >= 15 is 0 Å². The number of carbonyl (C=O) groups excluding carboxylic acids is 1. The van der Waals surface area contributed by atoms with E-state index in [0.717, 1.165) is 4.47 Å². The molecular formula is C13H10BrFN2O2. The molecule has 1 N–H and O–H groups in total. The molecule has 0 aliphatic heterocycles. The van der Waals surface area contributed by atoms with Crippen LogP contribution in [0.5, 0.6) is 5.75 Å². The van der Waals surface area contributed by atoms with Crippen LogP contribution in [0.2, 0.25) is 0 Å². The van der Waals surface area contributed by atoms with Gasteiger partial charge in [0.15, 0.2) is 0 Å². The van der Waals surface area contributed by atoms with Crippen molar-refractivity contribution in [3.05, 3.63) is 52.5 Å². The summed E-state index contributed by atoms with van der Waals surface area (Å²) in [6.45, 7) is 0. The quantitative estimate of drug-likeness (QED) is 0.882. The van der Waals surface area contributed by atoms with Crippen LogP contribution >= 0.6 is 15.9 Å². The number of carbonyl (C=O) groups is 1. The second kappa shape index (κ2) is 5.79. The van der Waals surface area contributed by atoms with Crippen molar-refractivity contribution < 1.29 is 13.9 Å². The van der Waals surface area contributed by atoms with Crippen LogP contribution in [-0.4, -0.2) is 18.0 Å². The molecule has 0 spiro atoms. The average molecular weight is 325 g/mol. The topological polar surface area (TPSA) is 51.2 Å². The van der Waals surface area contributed by atoms with E-state index in [0.29, 0.717) is 11.4 Å². The lowest BCUT2D eigenvalue weighted by Gasteiger charge is -2.08. The third kappa shape index (κ3) is 3.29. The van der Waals surface area contributed by atoms with Gasteiger partial charge >= 0.3 is 0 Å². The van der Waals surface area contributed by atoms with Gasteiger partial charge in [0.25, 0.3) is 5.91 Å². The van der Waals surface area contributed by atoms with Crippen molar-refractivity contribution in [2.24, 2.45) is 0 Å². The number of rotatable bonds is 3. The van der Waals surface area contributed by atoms with Crippen LogP contribution in [0.25, 0.3) is 0 Å². The molecule has 0 unspecified atom stereocenters. The summed E-state index contributed by atoms with van der Waals surface area (Å²) < 4.78 is 19.2. The molecule has 1 aromatic carbocycles. The third-order valence-electron chi connectivity index (χ3n) is 2.37. The molecule has 2 rings (SSSR count). The molecule has 0 radical (unpaired) electrons. The Morgan fingerprint density at radius 3 is 2.89 bits per heavy atom. The smallest absolute Gasteiger partial charge is 0.260 e. The number of hydrogen-bond acceptors (Lipinski definition) is 3. The summed E-state index contributed by atoms with van der Waals surface area (Å²) in [6.07, 6.45) is 1.29. The molecule has 0 atom stereocenters. The number of amides is 1. The first kappa shape index (κ1) is 13.5. The minimum absolute atomic E-state index is 0.110. The SMILES string of the molecule is COc1cc(Br)cc(NC(=O)c2cccnc2F)c1. The van der Waals surface area contributed by atoms with Gasteiger partial charge in [0.1, 0.15) is 5.75 Å². The number of methoxy groups -OCH3 is 1. The van der Waals surface area contributed by atoms with Gasteiger partial charge in [-0.05, 0) is 24.3 Å². The second-order valence-corrected chi connectivity index (χ2v) is 4.59. The number of anilines is 1. The first-order valence-electron chi connectivity index (χ1n) is 5.36. The van der Waals surface area contributed by atoms with E-state index in [1.54, 1.807) is 18.2 Å². The van der Waals surface area contributed by atoms with E-state index < -0.39 is 11.9 Å². The van der Waals surface area contributed by atoms with E-state index in [1.165, 1.54) is 25.4 Å². The van der Waals surface area contributed by atoms with Crippen molar-refractivity contribution in [2.45, 2.75) is 0 Å². The summed E-state index contributed by atoms with van der Waals surface area (Å²) in [6, 6.07) is 7.94. The van der Waals surface area contributed by atoms with Crippen LogP contribution < -0.4 is 10.1 Å². The van der Waals surface area contributed by atoms with Gasteiger partial charge in [-0.2, -0.15) is 4.39 Å². The van der Waals surface area contributed by atoms with Gasteiger partial charge in [-0.25, -0.2) is 4.98 Å². The fraction of sp³-hybridized carbons (Fsp3) is 0.0769. The molecule has 2 aromatic rings. The van der Waals surface area contributed by atoms with Crippen molar-refractivity contribution in [1.82, 2.24) is 4.98 Å². The highest BCUT2D eigenvalue weighted by Gasteiger charge is 2.12. The highest BCUT2D eigenvalue weighted by Crippen LogP contribution is 2.24. The van der Waals surface area contributed by atoms with Gasteiger partial charge < -0.3 is 10.1 Å². The molecule has 1 amide bonds. The van der Waals surface area contributed by atoms with Gasteiger partial charge in [0.05, 0.1) is 12.7 Å². The molecule has 0 fully saturated rings. The predicted octanol–water partition coefficient (Wildman–Crippen LogP) is 3.24. The Morgan fingerprint density at radius 2 is 2.21 bits per heavy atom. The number of ether oxygens (including phenoxy) is 1. The molecule has 6 heteroatoms. The Morgan fingerprint density at radius 1 is 1.42 bits per heavy atom. The van der Waals surface area contributed by atoms with Crippen molar-refractivity contribution in [3.8, 4) is 5.75 Å². The fourth-order valence-corrected chi connectivity index (χ4v) is 1.98. The Hall–Kier alpha value is -1.95. The standard InChI is InChI=1S/C13H10BrFN2O2/c1-19-10-6-8(14)5-9(7-10)17-13(18)11-3-2-4-16-12(11)15/h2-7H,1H3,(H,17,18). The maximum atomic E-state index is 13.4. The molecule has 1 heterocycles. The molecule has 1 aromatic heterocycles. The Labute approximate surface area is 117 Å². The Kier molecular flexibility index (Phi) is 4.11. The van der Waals surface area contributed by atoms with Crippen molar-refractivity contribution >= 4 is 27.5 Å². The molecule has 4 nitrogen and oxygen atoms in total. The largest absolute Gasteiger partial charge is 0.497 e. The maximum Gasteiger partial charge on any atom is 0.260 e. The second-order valence-electron chi connectivity index (χ2n) is 3.68. The lowest BCUT2D eigenvalue weighted by atomic mass is 10.2. The summed E-state index contributed by atoms with van der Waals surface area (Å²) in [5.41, 5.74) is 0.390. The normalized spacial score (nSPS) is 10.1. The molecular weight excluding hydrogens is 315 g/mol.